The summed E-state index contributed by atoms with van der Waals surface area (Å²) in [6, 6.07) is 9.43. The van der Waals surface area contributed by atoms with Gasteiger partial charge in [-0.25, -0.2) is 12.7 Å². The molecule has 1 aromatic carbocycles. The number of furan rings is 1. The van der Waals surface area contributed by atoms with Crippen molar-refractivity contribution in [1.82, 2.24) is 9.21 Å². The summed E-state index contributed by atoms with van der Waals surface area (Å²) in [7, 11) is -4.03. The maximum absolute atomic E-state index is 13.0. The maximum atomic E-state index is 13.0. The Balaban J connectivity index is 1.54. The molecule has 1 aromatic heterocycles. The molecule has 148 valence electrons. The van der Waals surface area contributed by atoms with Crippen LogP contribution in [0, 0.1) is 0 Å². The quantitative estimate of drug-likeness (QED) is 0.726. The monoisotopic (exact) mass is 404 g/mol. The number of amides is 2. The normalized spacial score (nSPS) is 20.4. The van der Waals surface area contributed by atoms with Crippen LogP contribution in [0.1, 0.15) is 29.0 Å². The third kappa shape index (κ3) is 3.43. The molecule has 2 aliphatic rings. The van der Waals surface area contributed by atoms with Crippen LogP contribution in [-0.4, -0.2) is 55.2 Å². The molecule has 0 radical (unpaired) electrons. The molecule has 8 nitrogen and oxygen atoms in total. The van der Waals surface area contributed by atoms with Crippen LogP contribution in [0.25, 0.3) is 0 Å². The molecule has 1 saturated heterocycles. The van der Waals surface area contributed by atoms with Gasteiger partial charge in [-0.15, -0.1) is 0 Å². The molecule has 28 heavy (non-hydrogen) atoms. The Morgan fingerprint density at radius 1 is 1.21 bits per heavy atom. The fourth-order valence-corrected chi connectivity index (χ4v) is 5.01. The molecule has 2 aliphatic heterocycles. The molecule has 0 aliphatic carbocycles. The Morgan fingerprint density at radius 2 is 2.04 bits per heavy atom. The Bertz CT molecular complexity index is 980. The number of benzene rings is 1. The van der Waals surface area contributed by atoms with Crippen LogP contribution in [0.5, 0.6) is 0 Å². The van der Waals surface area contributed by atoms with Crippen molar-refractivity contribution in [2.24, 2.45) is 0 Å². The Labute approximate surface area is 162 Å². The smallest absolute Gasteiger partial charge is 0.269 e. The fourth-order valence-electron chi connectivity index (χ4n) is 3.49. The van der Waals surface area contributed by atoms with E-state index in [0.717, 1.165) is 12.8 Å². The standard InChI is InChI=1S/C19H20N2O6S/c22-18(13-21-19(23)16-7-1-2-8-17(16)28(21,24)25)20(11-14-5-3-9-26-14)12-15-6-4-10-27-15/h1-3,5,7-9,15H,4,6,10-13H2/t15-/m0/s1. The van der Waals surface area contributed by atoms with Gasteiger partial charge < -0.3 is 14.1 Å². The van der Waals surface area contributed by atoms with E-state index in [2.05, 4.69) is 0 Å². The van der Waals surface area contributed by atoms with Crippen molar-refractivity contribution in [3.05, 3.63) is 54.0 Å². The maximum Gasteiger partial charge on any atom is 0.269 e. The predicted molar refractivity (Wildman–Crippen MR) is 97.8 cm³/mol. The molecular formula is C19H20N2O6S. The van der Waals surface area contributed by atoms with E-state index < -0.39 is 28.4 Å². The topological polar surface area (TPSA) is 97.1 Å². The number of carbonyl (C=O) groups is 2. The zero-order chi connectivity index (χ0) is 19.7. The van der Waals surface area contributed by atoms with Gasteiger partial charge in [0.1, 0.15) is 17.2 Å². The third-order valence-corrected chi connectivity index (χ3v) is 6.71. The zero-order valence-corrected chi connectivity index (χ0v) is 15.9. The lowest BCUT2D eigenvalue weighted by molar-refractivity contribution is -0.133. The second kappa shape index (κ2) is 7.40. The van der Waals surface area contributed by atoms with Crippen LogP contribution in [0.3, 0.4) is 0 Å². The first kappa shape index (κ1) is 18.7. The van der Waals surface area contributed by atoms with E-state index in [4.69, 9.17) is 9.15 Å². The highest BCUT2D eigenvalue weighted by Gasteiger charge is 2.42. The highest BCUT2D eigenvalue weighted by molar-refractivity contribution is 7.90. The molecule has 0 spiro atoms. The highest BCUT2D eigenvalue weighted by atomic mass is 32.2. The number of rotatable bonds is 6. The molecule has 4 rings (SSSR count). The van der Waals surface area contributed by atoms with E-state index in [-0.39, 0.29) is 23.1 Å². The molecule has 9 heteroatoms. The predicted octanol–water partition coefficient (Wildman–Crippen LogP) is 1.63. The van der Waals surface area contributed by atoms with E-state index in [0.29, 0.717) is 23.2 Å². The molecule has 2 aromatic rings. The largest absolute Gasteiger partial charge is 0.467 e. The van der Waals surface area contributed by atoms with Crippen molar-refractivity contribution in [3.63, 3.8) is 0 Å². The van der Waals surface area contributed by atoms with Crippen molar-refractivity contribution in [2.75, 3.05) is 19.7 Å². The van der Waals surface area contributed by atoms with E-state index >= 15 is 0 Å². The van der Waals surface area contributed by atoms with Crippen LogP contribution in [0.4, 0.5) is 0 Å². The van der Waals surface area contributed by atoms with Crippen molar-refractivity contribution >= 4 is 21.8 Å². The van der Waals surface area contributed by atoms with Crippen molar-refractivity contribution in [3.8, 4) is 0 Å². The molecule has 0 N–H and O–H groups in total. The summed E-state index contributed by atoms with van der Waals surface area (Å²) in [5, 5.41) is 0. The molecule has 0 saturated carbocycles. The zero-order valence-electron chi connectivity index (χ0n) is 15.1. The van der Waals surface area contributed by atoms with Crippen molar-refractivity contribution in [2.45, 2.75) is 30.4 Å². The lowest BCUT2D eigenvalue weighted by atomic mass is 10.2. The number of hydrogen-bond donors (Lipinski definition) is 0. The van der Waals surface area contributed by atoms with Gasteiger partial charge >= 0.3 is 0 Å². The third-order valence-electron chi connectivity index (χ3n) is 4.92. The first-order valence-corrected chi connectivity index (χ1v) is 10.5. The Morgan fingerprint density at radius 3 is 2.71 bits per heavy atom. The summed E-state index contributed by atoms with van der Waals surface area (Å²) < 4.78 is 37.0. The summed E-state index contributed by atoms with van der Waals surface area (Å²) in [5.41, 5.74) is 0.0898. The number of sulfonamides is 1. The van der Waals surface area contributed by atoms with E-state index in [9.17, 15) is 18.0 Å². The van der Waals surface area contributed by atoms with Crippen molar-refractivity contribution < 1.29 is 27.2 Å². The van der Waals surface area contributed by atoms with Crippen LogP contribution in [-0.2, 0) is 26.1 Å². The number of hydrogen-bond acceptors (Lipinski definition) is 6. The van der Waals surface area contributed by atoms with Gasteiger partial charge in [0.2, 0.25) is 5.91 Å². The van der Waals surface area contributed by atoms with Gasteiger partial charge in [0, 0.05) is 13.2 Å². The van der Waals surface area contributed by atoms with Crippen LogP contribution in [0.2, 0.25) is 0 Å². The fraction of sp³-hybridized carbons (Fsp3) is 0.368. The molecule has 0 unspecified atom stereocenters. The molecule has 1 fully saturated rings. The minimum Gasteiger partial charge on any atom is -0.467 e. The molecule has 2 amide bonds. The first-order valence-electron chi connectivity index (χ1n) is 9.04. The van der Waals surface area contributed by atoms with E-state index in [1.807, 2.05) is 0 Å². The second-order valence-electron chi connectivity index (χ2n) is 6.80. The summed E-state index contributed by atoms with van der Waals surface area (Å²) in [4.78, 5) is 27.0. The van der Waals surface area contributed by atoms with Crippen LogP contribution >= 0.6 is 0 Å². The average molecular weight is 404 g/mol. The first-order chi connectivity index (χ1) is 13.5. The lowest BCUT2D eigenvalue weighted by Crippen LogP contribution is -2.44. The van der Waals surface area contributed by atoms with Gasteiger partial charge in [-0.1, -0.05) is 12.1 Å². The minimum absolute atomic E-state index is 0.0653. The molecule has 3 heterocycles. The number of carbonyl (C=O) groups excluding carboxylic acids is 2. The van der Waals surface area contributed by atoms with Gasteiger partial charge in [-0.2, -0.15) is 0 Å². The van der Waals surface area contributed by atoms with Gasteiger partial charge in [0.15, 0.2) is 0 Å². The SMILES string of the molecule is O=C(CN1C(=O)c2ccccc2S1(=O)=O)N(Cc1ccco1)C[C@@H]1CCCO1. The lowest BCUT2D eigenvalue weighted by Gasteiger charge is -2.26. The Kier molecular flexibility index (Phi) is 4.94. The van der Waals surface area contributed by atoms with Gasteiger partial charge in [0.25, 0.3) is 15.9 Å². The number of ether oxygens (including phenoxy) is 1. The van der Waals surface area contributed by atoms with Crippen molar-refractivity contribution in [1.29, 1.82) is 0 Å². The second-order valence-corrected chi connectivity index (χ2v) is 8.63. The summed E-state index contributed by atoms with van der Waals surface area (Å²) in [5.74, 6) is -0.583. The summed E-state index contributed by atoms with van der Waals surface area (Å²) in [6.45, 7) is 0.584. The minimum atomic E-state index is -4.03. The average Bonchev–Trinajstić information content (AvgIpc) is 3.41. The van der Waals surface area contributed by atoms with E-state index in [1.165, 1.54) is 23.3 Å². The molecule has 0 bridgehead atoms. The highest BCUT2D eigenvalue weighted by Crippen LogP contribution is 2.30. The van der Waals surface area contributed by atoms with Crippen LogP contribution < -0.4 is 0 Å². The summed E-state index contributed by atoms with van der Waals surface area (Å²) in [6.07, 6.45) is 3.15. The Hall–Kier alpha value is -2.65. The van der Waals surface area contributed by atoms with Crippen LogP contribution in [0.15, 0.2) is 52.0 Å². The van der Waals surface area contributed by atoms with Gasteiger partial charge in [-0.3, -0.25) is 9.59 Å². The van der Waals surface area contributed by atoms with E-state index in [1.54, 1.807) is 24.3 Å². The van der Waals surface area contributed by atoms with Gasteiger partial charge in [0.05, 0.1) is 24.5 Å². The molecule has 1 atom stereocenters. The number of fused-ring (bicyclic) bond motifs is 1. The number of nitrogens with zero attached hydrogens (tertiary/aromatic N) is 2. The summed E-state index contributed by atoms with van der Waals surface area (Å²) >= 11 is 0. The molecular weight excluding hydrogens is 384 g/mol. The van der Waals surface area contributed by atoms with Gasteiger partial charge in [-0.05, 0) is 37.1 Å².